The molecule has 1 aromatic heterocycles. The number of fused-ring (bicyclic) bond motifs is 1. The molecule has 1 fully saturated rings. The van der Waals surface area contributed by atoms with Gasteiger partial charge in [-0.2, -0.15) is 0 Å². The van der Waals surface area contributed by atoms with Gasteiger partial charge < -0.3 is 4.90 Å². The van der Waals surface area contributed by atoms with Crippen LogP contribution in [-0.2, 0) is 9.84 Å². The largest absolute Gasteiger partial charge is 0.369 e. The first-order valence-corrected chi connectivity index (χ1v) is 8.51. The molecule has 0 amide bonds. The Labute approximate surface area is 119 Å². The minimum Gasteiger partial charge on any atom is -0.369 e. The van der Waals surface area contributed by atoms with Crippen LogP contribution in [-0.4, -0.2) is 37.5 Å². The molecule has 0 saturated carbocycles. The number of anilines is 1. The van der Waals surface area contributed by atoms with Gasteiger partial charge in [0.15, 0.2) is 9.84 Å². The first-order valence-electron chi connectivity index (χ1n) is 6.79. The monoisotopic (exact) mass is 290 g/mol. The summed E-state index contributed by atoms with van der Waals surface area (Å²) in [5.41, 5.74) is 3.22. The zero-order valence-corrected chi connectivity index (χ0v) is 12.5. The molecular formula is C15H18N2O2S. The number of hydrogen-bond acceptors (Lipinski definition) is 4. The molecular weight excluding hydrogens is 272 g/mol. The second-order valence-corrected chi connectivity index (χ2v) is 8.01. The summed E-state index contributed by atoms with van der Waals surface area (Å²) in [5, 5.41) is 0.781. The summed E-state index contributed by atoms with van der Waals surface area (Å²) in [6.45, 7) is 4.95. The SMILES string of the molecule is Cc1ccc2nccc(N3CCS(=O)(=O)C(C)C3)c2c1. The van der Waals surface area contributed by atoms with Crippen molar-refractivity contribution in [3.63, 3.8) is 0 Å². The molecule has 0 spiro atoms. The topological polar surface area (TPSA) is 50.3 Å². The van der Waals surface area contributed by atoms with E-state index in [-0.39, 0.29) is 11.0 Å². The Bertz CT molecular complexity index is 756. The lowest BCUT2D eigenvalue weighted by Crippen LogP contribution is -2.45. The van der Waals surface area contributed by atoms with Crippen molar-refractivity contribution in [2.45, 2.75) is 19.1 Å². The summed E-state index contributed by atoms with van der Waals surface area (Å²) < 4.78 is 23.7. The number of benzene rings is 1. The van der Waals surface area contributed by atoms with Crippen LogP contribution >= 0.6 is 0 Å². The molecule has 0 N–H and O–H groups in total. The molecule has 1 unspecified atom stereocenters. The second-order valence-electron chi connectivity index (χ2n) is 5.47. The van der Waals surface area contributed by atoms with Crippen molar-refractivity contribution in [3.8, 4) is 0 Å². The molecule has 3 rings (SSSR count). The number of hydrogen-bond donors (Lipinski definition) is 0. The number of rotatable bonds is 1. The Morgan fingerprint density at radius 1 is 1.30 bits per heavy atom. The third kappa shape index (κ3) is 2.26. The van der Waals surface area contributed by atoms with Crippen molar-refractivity contribution < 1.29 is 8.42 Å². The molecule has 0 bridgehead atoms. The van der Waals surface area contributed by atoms with Gasteiger partial charge in [-0.3, -0.25) is 4.98 Å². The first-order chi connectivity index (χ1) is 9.47. The Kier molecular flexibility index (Phi) is 3.17. The van der Waals surface area contributed by atoms with Gasteiger partial charge >= 0.3 is 0 Å². The highest BCUT2D eigenvalue weighted by Gasteiger charge is 2.30. The molecule has 20 heavy (non-hydrogen) atoms. The fourth-order valence-electron chi connectivity index (χ4n) is 2.69. The van der Waals surface area contributed by atoms with Crippen molar-refractivity contribution >= 4 is 26.4 Å². The van der Waals surface area contributed by atoms with E-state index < -0.39 is 9.84 Å². The van der Waals surface area contributed by atoms with E-state index in [0.717, 1.165) is 16.6 Å². The normalized spacial score (nSPS) is 22.1. The molecule has 1 atom stereocenters. The van der Waals surface area contributed by atoms with Gasteiger partial charge in [-0.15, -0.1) is 0 Å². The Morgan fingerprint density at radius 3 is 2.85 bits per heavy atom. The highest BCUT2D eigenvalue weighted by Crippen LogP contribution is 2.28. The summed E-state index contributed by atoms with van der Waals surface area (Å²) in [6, 6.07) is 8.15. The van der Waals surface area contributed by atoms with Crippen LogP contribution < -0.4 is 4.90 Å². The number of aryl methyl sites for hydroxylation is 1. The molecule has 4 nitrogen and oxygen atoms in total. The average Bonchev–Trinajstić information content (AvgIpc) is 2.41. The lowest BCUT2D eigenvalue weighted by Gasteiger charge is -2.33. The number of sulfone groups is 1. The molecule has 5 heteroatoms. The molecule has 1 aliphatic rings. The summed E-state index contributed by atoms with van der Waals surface area (Å²) in [5.74, 6) is 0.226. The van der Waals surface area contributed by atoms with E-state index in [4.69, 9.17) is 0 Å². The van der Waals surface area contributed by atoms with Crippen LogP contribution in [0.1, 0.15) is 12.5 Å². The summed E-state index contributed by atoms with van der Waals surface area (Å²) in [6.07, 6.45) is 1.79. The highest BCUT2D eigenvalue weighted by molar-refractivity contribution is 7.92. The second kappa shape index (κ2) is 4.74. The molecule has 1 saturated heterocycles. The van der Waals surface area contributed by atoms with Crippen LogP contribution in [0.4, 0.5) is 5.69 Å². The summed E-state index contributed by atoms with van der Waals surface area (Å²) in [4.78, 5) is 6.54. The number of nitrogens with zero attached hydrogens (tertiary/aromatic N) is 2. The van der Waals surface area contributed by atoms with Gasteiger partial charge in [0.1, 0.15) is 0 Å². The quantitative estimate of drug-likeness (QED) is 0.807. The standard InChI is InChI=1S/C15H18N2O2S/c1-11-3-4-14-13(9-11)15(5-6-16-14)17-7-8-20(18,19)12(2)10-17/h3-6,9,12H,7-8,10H2,1-2H3. The molecule has 1 aromatic carbocycles. The lowest BCUT2D eigenvalue weighted by molar-refractivity contribution is 0.569. The van der Waals surface area contributed by atoms with Crippen LogP contribution in [0.25, 0.3) is 10.9 Å². The molecule has 0 radical (unpaired) electrons. The minimum absolute atomic E-state index is 0.226. The van der Waals surface area contributed by atoms with E-state index in [1.807, 2.05) is 18.2 Å². The fourth-order valence-corrected chi connectivity index (χ4v) is 3.98. The van der Waals surface area contributed by atoms with Crippen molar-refractivity contribution in [1.82, 2.24) is 4.98 Å². The maximum atomic E-state index is 11.8. The maximum absolute atomic E-state index is 11.8. The van der Waals surface area contributed by atoms with E-state index in [1.54, 1.807) is 13.1 Å². The molecule has 0 aliphatic carbocycles. The van der Waals surface area contributed by atoms with Gasteiger partial charge in [0.05, 0.1) is 16.5 Å². The molecule has 2 heterocycles. The number of pyridine rings is 1. The van der Waals surface area contributed by atoms with Crippen molar-refractivity contribution in [1.29, 1.82) is 0 Å². The van der Waals surface area contributed by atoms with Crippen molar-refractivity contribution in [2.24, 2.45) is 0 Å². The van der Waals surface area contributed by atoms with Crippen LogP contribution in [0.5, 0.6) is 0 Å². The Balaban J connectivity index is 2.05. The Hall–Kier alpha value is -1.62. The van der Waals surface area contributed by atoms with Gasteiger partial charge in [-0.05, 0) is 32.0 Å². The van der Waals surface area contributed by atoms with Crippen molar-refractivity contribution in [3.05, 3.63) is 36.0 Å². The number of aromatic nitrogens is 1. The average molecular weight is 290 g/mol. The summed E-state index contributed by atoms with van der Waals surface area (Å²) >= 11 is 0. The first kappa shape index (κ1) is 13.4. The van der Waals surface area contributed by atoms with E-state index >= 15 is 0 Å². The molecule has 2 aromatic rings. The van der Waals surface area contributed by atoms with Gasteiger partial charge in [-0.1, -0.05) is 11.6 Å². The van der Waals surface area contributed by atoms with Crippen LogP contribution in [0.15, 0.2) is 30.5 Å². The van der Waals surface area contributed by atoms with Crippen LogP contribution in [0, 0.1) is 6.92 Å². The predicted molar refractivity (Wildman–Crippen MR) is 81.9 cm³/mol. The van der Waals surface area contributed by atoms with Gasteiger partial charge in [0.2, 0.25) is 0 Å². The molecule has 106 valence electrons. The van der Waals surface area contributed by atoms with Gasteiger partial charge in [0.25, 0.3) is 0 Å². The van der Waals surface area contributed by atoms with E-state index in [0.29, 0.717) is 13.1 Å². The van der Waals surface area contributed by atoms with E-state index in [1.165, 1.54) is 5.56 Å². The highest BCUT2D eigenvalue weighted by atomic mass is 32.2. The lowest BCUT2D eigenvalue weighted by atomic mass is 10.1. The third-order valence-electron chi connectivity index (χ3n) is 3.95. The zero-order chi connectivity index (χ0) is 14.3. The van der Waals surface area contributed by atoms with Gasteiger partial charge in [0, 0.05) is 30.4 Å². The van der Waals surface area contributed by atoms with Gasteiger partial charge in [-0.25, -0.2) is 8.42 Å². The van der Waals surface area contributed by atoms with Crippen LogP contribution in [0.2, 0.25) is 0 Å². The van der Waals surface area contributed by atoms with Crippen LogP contribution in [0.3, 0.4) is 0 Å². The van der Waals surface area contributed by atoms with E-state index in [2.05, 4.69) is 22.9 Å². The molecule has 1 aliphatic heterocycles. The van der Waals surface area contributed by atoms with Crippen molar-refractivity contribution in [2.75, 3.05) is 23.7 Å². The Morgan fingerprint density at radius 2 is 2.10 bits per heavy atom. The summed E-state index contributed by atoms with van der Waals surface area (Å²) in [7, 11) is -2.92. The zero-order valence-electron chi connectivity index (χ0n) is 11.7. The third-order valence-corrected chi connectivity index (χ3v) is 6.08. The maximum Gasteiger partial charge on any atom is 0.156 e. The fraction of sp³-hybridized carbons (Fsp3) is 0.400. The predicted octanol–water partition coefficient (Wildman–Crippen LogP) is 2.17. The minimum atomic E-state index is -2.92. The van der Waals surface area contributed by atoms with E-state index in [9.17, 15) is 8.42 Å². The smallest absolute Gasteiger partial charge is 0.156 e.